The summed E-state index contributed by atoms with van der Waals surface area (Å²) >= 11 is 0. The minimum Gasteiger partial charge on any atom is -0.475 e. The number of piperidine rings is 1. The number of hydrogen-bond donors (Lipinski definition) is 8. The van der Waals surface area contributed by atoms with Crippen molar-refractivity contribution in [2.24, 2.45) is 11.7 Å². The minimum absolute atomic E-state index is 0.0333. The van der Waals surface area contributed by atoms with Gasteiger partial charge in [0.1, 0.15) is 17.9 Å². The number of carbonyl (C=O) groups excluding carboxylic acids is 2. The molecule has 0 spiro atoms. The van der Waals surface area contributed by atoms with Gasteiger partial charge in [0.05, 0.1) is 5.75 Å². The Morgan fingerprint density at radius 2 is 1.25 bits per heavy atom. The van der Waals surface area contributed by atoms with Crippen molar-refractivity contribution in [1.29, 1.82) is 5.41 Å². The first-order valence-corrected chi connectivity index (χ1v) is 20.1. The number of amides is 2. The second-order valence-electron chi connectivity index (χ2n) is 13.6. The molecule has 1 aliphatic heterocycles. The minimum atomic E-state index is -5.08. The molecule has 3 aromatic carbocycles. The molecule has 1 heterocycles. The van der Waals surface area contributed by atoms with Crippen LogP contribution in [0.5, 0.6) is 0 Å². The molecule has 2 atom stereocenters. The fourth-order valence-electron chi connectivity index (χ4n) is 5.68. The number of aryl methyl sites for hydroxylation is 1. The van der Waals surface area contributed by atoms with Gasteiger partial charge in [-0.05, 0) is 80.6 Å². The lowest BCUT2D eigenvalue weighted by Crippen LogP contribution is -2.53. The van der Waals surface area contributed by atoms with Crippen molar-refractivity contribution in [2.45, 2.75) is 81.7 Å². The number of carbonyl (C=O) groups is 4. The standard InChI is InChI=1S/C35H46N6O4S.2C2HF3O2/c36-33(37)30-17-14-28(15-18-30)24-39-34(42)31(19-16-27-20-22-38-23-21-27)40-35(43)32(13-7-12-26-8-3-1-4-9-26)41-46(44,45)25-29-10-5-2-6-11-29;2*3-2(4,5)1(6)7/h1-6,8-11,14-15,17-18,27,31-32,38,41H,7,12-13,16,19-25H2,(H3,36,37)(H,39,42)(H,40,43);2*(H,6,7)/t31-,32+;;/m0../s1. The number of nitrogen functional groups attached to an aromatic ring is 1. The van der Waals surface area contributed by atoms with E-state index in [-0.39, 0.29) is 30.5 Å². The van der Waals surface area contributed by atoms with Crippen LogP contribution in [0.3, 0.4) is 0 Å². The van der Waals surface area contributed by atoms with Gasteiger partial charge in [-0.15, -0.1) is 0 Å². The maximum atomic E-state index is 13.8. The third-order valence-electron chi connectivity index (χ3n) is 8.81. The summed E-state index contributed by atoms with van der Waals surface area (Å²) in [7, 11) is -3.86. The lowest BCUT2D eigenvalue weighted by molar-refractivity contribution is -0.193. The number of alkyl halides is 6. The highest BCUT2D eigenvalue weighted by Gasteiger charge is 2.39. The molecule has 0 saturated carbocycles. The summed E-state index contributed by atoms with van der Waals surface area (Å²) in [5.74, 6) is -6.19. The third kappa shape index (κ3) is 20.4. The van der Waals surface area contributed by atoms with E-state index in [2.05, 4.69) is 20.7 Å². The summed E-state index contributed by atoms with van der Waals surface area (Å²) in [4.78, 5) is 45.1. The molecule has 0 aromatic heterocycles. The van der Waals surface area contributed by atoms with Gasteiger partial charge < -0.3 is 31.9 Å². The number of carboxylic acid groups (broad SMARTS) is 2. The molecule has 1 saturated heterocycles. The van der Waals surface area contributed by atoms with E-state index in [1.165, 1.54) is 0 Å². The number of carboxylic acids is 2. The summed E-state index contributed by atoms with van der Waals surface area (Å²) in [6.45, 7) is 2.09. The third-order valence-corrected chi connectivity index (χ3v) is 10.2. The van der Waals surface area contributed by atoms with Crippen molar-refractivity contribution in [3.8, 4) is 0 Å². The Bertz CT molecular complexity index is 1910. The predicted octanol–water partition coefficient (Wildman–Crippen LogP) is 4.63. The smallest absolute Gasteiger partial charge is 0.475 e. The van der Waals surface area contributed by atoms with Gasteiger partial charge in [0.25, 0.3) is 0 Å². The van der Waals surface area contributed by atoms with Crippen LogP contribution in [0.2, 0.25) is 0 Å². The van der Waals surface area contributed by atoms with Crippen LogP contribution < -0.4 is 26.4 Å². The Labute approximate surface area is 342 Å². The molecule has 0 bridgehead atoms. The first-order chi connectivity index (χ1) is 28.1. The summed E-state index contributed by atoms with van der Waals surface area (Å²) in [6.07, 6.45) is -5.39. The molecule has 9 N–H and O–H groups in total. The molecular weight excluding hydrogens is 827 g/mol. The predicted molar refractivity (Wildman–Crippen MR) is 209 cm³/mol. The fourth-order valence-corrected chi connectivity index (χ4v) is 7.05. The van der Waals surface area contributed by atoms with E-state index in [9.17, 15) is 44.3 Å². The molecule has 1 fully saturated rings. The number of nitrogens with two attached hydrogens (primary N) is 1. The molecule has 0 radical (unpaired) electrons. The number of sulfonamides is 1. The zero-order valence-electron chi connectivity index (χ0n) is 32.2. The van der Waals surface area contributed by atoms with Crippen molar-refractivity contribution in [3.63, 3.8) is 0 Å². The second-order valence-corrected chi connectivity index (χ2v) is 15.3. The van der Waals surface area contributed by atoms with Gasteiger partial charge in [-0.1, -0.05) is 84.9 Å². The van der Waals surface area contributed by atoms with E-state index in [0.717, 1.165) is 43.5 Å². The van der Waals surface area contributed by atoms with Crippen molar-refractivity contribution in [1.82, 2.24) is 20.7 Å². The molecule has 21 heteroatoms. The largest absolute Gasteiger partial charge is 0.490 e. The summed E-state index contributed by atoms with van der Waals surface area (Å²) in [6, 6.07) is 23.9. The average molecular weight is 875 g/mol. The fraction of sp³-hybridized carbons (Fsp3) is 0.410. The number of aliphatic carboxylic acids is 2. The second kappa shape index (κ2) is 24.5. The van der Waals surface area contributed by atoms with Crippen LogP contribution in [-0.2, 0) is 47.9 Å². The topological polar surface area (TPSA) is 241 Å². The van der Waals surface area contributed by atoms with Crippen molar-refractivity contribution >= 4 is 39.6 Å². The first kappa shape index (κ1) is 50.6. The monoisotopic (exact) mass is 874 g/mol. The maximum Gasteiger partial charge on any atom is 0.490 e. The lowest BCUT2D eigenvalue weighted by Gasteiger charge is -2.26. The van der Waals surface area contributed by atoms with Gasteiger partial charge in [-0.3, -0.25) is 15.0 Å². The van der Waals surface area contributed by atoms with Crippen LogP contribution in [0.1, 0.15) is 60.8 Å². The molecular formula is C39H48F6N6O8S. The molecule has 4 rings (SSSR count). The van der Waals surface area contributed by atoms with Gasteiger partial charge in [0, 0.05) is 12.1 Å². The summed E-state index contributed by atoms with van der Waals surface area (Å²) in [5, 5.41) is 31.0. The average Bonchev–Trinajstić information content (AvgIpc) is 3.19. The zero-order chi connectivity index (χ0) is 44.9. The normalized spacial score (nSPS) is 14.2. The Morgan fingerprint density at radius 1 is 0.750 bits per heavy atom. The van der Waals surface area contributed by atoms with Gasteiger partial charge in [0.15, 0.2) is 0 Å². The molecule has 330 valence electrons. The molecule has 3 aromatic rings. The van der Waals surface area contributed by atoms with Crippen molar-refractivity contribution in [3.05, 3.63) is 107 Å². The molecule has 1 aliphatic rings. The highest BCUT2D eigenvalue weighted by molar-refractivity contribution is 7.88. The highest BCUT2D eigenvalue weighted by Crippen LogP contribution is 2.20. The van der Waals surface area contributed by atoms with E-state index < -0.39 is 52.3 Å². The SMILES string of the molecule is N=C(N)c1ccc(CNC(=O)[C@H](CCC2CCNCC2)NC(=O)[C@@H](CCCc2ccccc2)NS(=O)(=O)Cc2ccccc2)cc1.O=C(O)C(F)(F)F.O=C(O)C(F)(F)F. The van der Waals surface area contributed by atoms with E-state index in [4.69, 9.17) is 30.9 Å². The van der Waals surface area contributed by atoms with E-state index in [0.29, 0.717) is 36.3 Å². The van der Waals surface area contributed by atoms with Crippen LogP contribution in [0, 0.1) is 11.3 Å². The zero-order valence-corrected chi connectivity index (χ0v) is 33.0. The van der Waals surface area contributed by atoms with Gasteiger partial charge in [0.2, 0.25) is 21.8 Å². The number of halogens is 6. The number of benzene rings is 3. The number of amidine groups is 1. The van der Waals surface area contributed by atoms with Gasteiger partial charge in [-0.25, -0.2) is 22.7 Å². The highest BCUT2D eigenvalue weighted by atomic mass is 32.2. The number of nitrogens with one attached hydrogen (secondary N) is 5. The molecule has 2 amide bonds. The first-order valence-electron chi connectivity index (χ1n) is 18.5. The van der Waals surface area contributed by atoms with Crippen LogP contribution in [0.25, 0.3) is 0 Å². The summed E-state index contributed by atoms with van der Waals surface area (Å²) < 4.78 is 92.6. The van der Waals surface area contributed by atoms with E-state index in [1.54, 1.807) is 48.5 Å². The van der Waals surface area contributed by atoms with Crippen LogP contribution in [0.4, 0.5) is 26.3 Å². The Morgan fingerprint density at radius 3 is 1.73 bits per heavy atom. The Balaban J connectivity index is 0.000000758. The van der Waals surface area contributed by atoms with Crippen LogP contribution in [0.15, 0.2) is 84.9 Å². The quantitative estimate of drug-likeness (QED) is 0.0532. The lowest BCUT2D eigenvalue weighted by atomic mass is 9.91. The summed E-state index contributed by atoms with van der Waals surface area (Å²) in [5.41, 5.74) is 8.70. The van der Waals surface area contributed by atoms with Gasteiger partial charge in [-0.2, -0.15) is 26.3 Å². The maximum absolute atomic E-state index is 13.8. The van der Waals surface area contributed by atoms with Crippen LogP contribution in [-0.4, -0.2) is 85.7 Å². The van der Waals surface area contributed by atoms with E-state index >= 15 is 0 Å². The number of rotatable bonds is 17. The van der Waals surface area contributed by atoms with Crippen molar-refractivity contribution < 1.29 is 64.2 Å². The molecule has 0 aliphatic carbocycles. The molecule has 60 heavy (non-hydrogen) atoms. The van der Waals surface area contributed by atoms with Gasteiger partial charge >= 0.3 is 24.3 Å². The molecule has 14 nitrogen and oxygen atoms in total. The Hall–Kier alpha value is -5.54. The molecule has 0 unspecified atom stereocenters. The van der Waals surface area contributed by atoms with E-state index in [1.807, 2.05) is 36.4 Å². The Kier molecular flexibility index (Phi) is 20.7. The number of hydrogen-bond acceptors (Lipinski definition) is 8. The van der Waals surface area contributed by atoms with Crippen LogP contribution >= 0.6 is 0 Å². The van der Waals surface area contributed by atoms with Crippen molar-refractivity contribution in [2.75, 3.05) is 13.1 Å².